The number of ether oxygens (including phenoxy) is 1. The van der Waals surface area contributed by atoms with Gasteiger partial charge in [-0.25, -0.2) is 15.0 Å². The van der Waals surface area contributed by atoms with Gasteiger partial charge >= 0.3 is 0 Å². The molecule has 56 heavy (non-hydrogen) atoms. The molecule has 1 aromatic heterocycles. The molecular weight excluding hydrogens is 683 g/mol. The predicted molar refractivity (Wildman–Crippen MR) is 225 cm³/mol. The summed E-state index contributed by atoms with van der Waals surface area (Å²) >= 11 is 0. The lowest BCUT2D eigenvalue weighted by molar-refractivity contribution is 0.141. The molecule has 0 fully saturated rings. The third-order valence-electron chi connectivity index (χ3n) is 11.6. The van der Waals surface area contributed by atoms with Crippen LogP contribution in [0.3, 0.4) is 0 Å². The van der Waals surface area contributed by atoms with E-state index in [4.69, 9.17) is 19.7 Å². The number of rotatable bonds is 5. The standard InChI is InChI=1S/C52H35N3O/c1-3-15-34(16-4-1)35-29-31-37(32-30-35)50-53-49(36-17-5-2-6-18-36)54-51(55-50)39-20-13-19-38(33-39)40-22-14-26-45-48(40)41-21-7-8-23-42(41)52(45)43-24-9-11-27-46(43)56-47-28-12-10-25-44(47)52/h1-33,43,46H. The van der Waals surface area contributed by atoms with E-state index in [9.17, 15) is 0 Å². The van der Waals surface area contributed by atoms with Crippen LogP contribution in [-0.4, -0.2) is 21.1 Å². The fraction of sp³-hybridized carbons (Fsp3) is 0.0577. The molecule has 0 bridgehead atoms. The van der Waals surface area contributed by atoms with Crippen LogP contribution in [0.15, 0.2) is 200 Å². The third kappa shape index (κ3) is 5.03. The Morgan fingerprint density at radius 1 is 0.393 bits per heavy atom. The maximum atomic E-state index is 6.68. The number of benzene rings is 7. The first-order valence-corrected chi connectivity index (χ1v) is 19.2. The topological polar surface area (TPSA) is 47.9 Å². The zero-order chi connectivity index (χ0) is 37.1. The van der Waals surface area contributed by atoms with E-state index in [2.05, 4.69) is 176 Å². The van der Waals surface area contributed by atoms with Gasteiger partial charge in [-0.15, -0.1) is 0 Å². The maximum Gasteiger partial charge on any atom is 0.164 e. The molecule has 3 unspecified atom stereocenters. The van der Waals surface area contributed by atoms with Gasteiger partial charge in [0.25, 0.3) is 0 Å². The highest BCUT2D eigenvalue weighted by molar-refractivity contribution is 5.95. The summed E-state index contributed by atoms with van der Waals surface area (Å²) in [6, 6.07) is 62.1. The molecule has 0 saturated heterocycles. The van der Waals surface area contributed by atoms with Gasteiger partial charge in [-0.05, 0) is 62.7 Å². The molecule has 0 amide bonds. The number of allylic oxidation sites excluding steroid dienone is 2. The Balaban J connectivity index is 1.07. The van der Waals surface area contributed by atoms with Crippen LogP contribution in [0, 0.1) is 5.92 Å². The Labute approximate surface area is 326 Å². The van der Waals surface area contributed by atoms with Crippen LogP contribution in [0.25, 0.3) is 67.5 Å². The Hall–Kier alpha value is -7.17. The van der Waals surface area contributed by atoms with Crippen LogP contribution >= 0.6 is 0 Å². The molecule has 264 valence electrons. The van der Waals surface area contributed by atoms with Gasteiger partial charge in [0, 0.05) is 28.2 Å². The third-order valence-corrected chi connectivity index (χ3v) is 11.6. The fourth-order valence-electron chi connectivity index (χ4n) is 9.18. The molecule has 3 aliphatic rings. The highest BCUT2D eigenvalue weighted by Gasteiger charge is 2.56. The molecular formula is C52H35N3O. The van der Waals surface area contributed by atoms with Crippen LogP contribution in [0.5, 0.6) is 5.75 Å². The zero-order valence-corrected chi connectivity index (χ0v) is 30.5. The Morgan fingerprint density at radius 3 is 1.70 bits per heavy atom. The van der Waals surface area contributed by atoms with Gasteiger partial charge in [-0.1, -0.05) is 182 Å². The quantitative estimate of drug-likeness (QED) is 0.178. The lowest BCUT2D eigenvalue weighted by Gasteiger charge is -2.47. The second-order valence-corrected chi connectivity index (χ2v) is 14.7. The van der Waals surface area contributed by atoms with Crippen molar-refractivity contribution in [1.82, 2.24) is 15.0 Å². The van der Waals surface area contributed by atoms with Crippen LogP contribution < -0.4 is 4.74 Å². The minimum Gasteiger partial charge on any atom is -0.485 e. The van der Waals surface area contributed by atoms with Crippen molar-refractivity contribution in [2.75, 3.05) is 0 Å². The smallest absolute Gasteiger partial charge is 0.164 e. The summed E-state index contributed by atoms with van der Waals surface area (Å²) in [4.78, 5) is 15.2. The van der Waals surface area contributed by atoms with E-state index >= 15 is 0 Å². The van der Waals surface area contributed by atoms with Crippen molar-refractivity contribution >= 4 is 0 Å². The van der Waals surface area contributed by atoms with Gasteiger partial charge in [0.05, 0.1) is 5.41 Å². The first kappa shape index (κ1) is 32.3. The molecule has 0 N–H and O–H groups in total. The van der Waals surface area contributed by atoms with Crippen molar-refractivity contribution in [2.24, 2.45) is 5.92 Å². The number of aromatic nitrogens is 3. The Bertz CT molecular complexity index is 2840. The van der Waals surface area contributed by atoms with Gasteiger partial charge < -0.3 is 4.74 Å². The second kappa shape index (κ2) is 13.0. The molecule has 7 aromatic carbocycles. The van der Waals surface area contributed by atoms with Crippen molar-refractivity contribution in [3.63, 3.8) is 0 Å². The highest BCUT2D eigenvalue weighted by atomic mass is 16.5. The predicted octanol–water partition coefficient (Wildman–Crippen LogP) is 12.0. The van der Waals surface area contributed by atoms with Crippen LogP contribution in [-0.2, 0) is 5.41 Å². The summed E-state index contributed by atoms with van der Waals surface area (Å²) < 4.78 is 6.68. The summed E-state index contributed by atoms with van der Waals surface area (Å²) in [7, 11) is 0. The highest BCUT2D eigenvalue weighted by Crippen LogP contribution is 2.63. The van der Waals surface area contributed by atoms with Gasteiger partial charge in [0.2, 0.25) is 0 Å². The average Bonchev–Trinajstić information content (AvgIpc) is 3.58. The van der Waals surface area contributed by atoms with Crippen LogP contribution in [0.2, 0.25) is 0 Å². The molecule has 3 atom stereocenters. The lowest BCUT2D eigenvalue weighted by Crippen LogP contribution is -2.47. The van der Waals surface area contributed by atoms with Gasteiger partial charge in [-0.2, -0.15) is 0 Å². The van der Waals surface area contributed by atoms with Crippen molar-refractivity contribution < 1.29 is 4.74 Å². The molecule has 2 aliphatic carbocycles. The number of nitrogens with zero attached hydrogens (tertiary/aromatic N) is 3. The largest absolute Gasteiger partial charge is 0.485 e. The molecule has 4 heteroatoms. The Kier molecular flexibility index (Phi) is 7.49. The molecule has 0 radical (unpaired) electrons. The van der Waals surface area contributed by atoms with E-state index in [0.717, 1.165) is 33.6 Å². The minimum absolute atomic E-state index is 0.0766. The van der Waals surface area contributed by atoms with E-state index in [1.807, 2.05) is 24.3 Å². The number of hydrogen-bond acceptors (Lipinski definition) is 4. The molecule has 1 aliphatic heterocycles. The van der Waals surface area contributed by atoms with E-state index in [0.29, 0.717) is 17.5 Å². The molecule has 8 aromatic rings. The molecule has 11 rings (SSSR count). The fourth-order valence-corrected chi connectivity index (χ4v) is 9.18. The normalized spacial score (nSPS) is 18.4. The van der Waals surface area contributed by atoms with Gasteiger partial charge in [0.1, 0.15) is 11.9 Å². The first-order chi connectivity index (χ1) is 27.8. The maximum absolute atomic E-state index is 6.68. The number of para-hydroxylation sites is 1. The summed E-state index contributed by atoms with van der Waals surface area (Å²) in [5, 5.41) is 0. The van der Waals surface area contributed by atoms with E-state index in [-0.39, 0.29) is 12.0 Å². The van der Waals surface area contributed by atoms with Crippen molar-refractivity contribution in [3.8, 4) is 73.3 Å². The number of hydrogen-bond donors (Lipinski definition) is 0. The van der Waals surface area contributed by atoms with E-state index in [1.54, 1.807) is 0 Å². The lowest BCUT2D eigenvalue weighted by atomic mass is 9.60. The van der Waals surface area contributed by atoms with Crippen LogP contribution in [0.1, 0.15) is 16.7 Å². The summed E-state index contributed by atoms with van der Waals surface area (Å²) in [5.41, 5.74) is 13.4. The zero-order valence-electron chi connectivity index (χ0n) is 30.5. The monoisotopic (exact) mass is 717 g/mol. The average molecular weight is 718 g/mol. The Morgan fingerprint density at radius 2 is 0.911 bits per heavy atom. The summed E-state index contributed by atoms with van der Waals surface area (Å²) in [6.45, 7) is 0. The van der Waals surface area contributed by atoms with Crippen molar-refractivity contribution in [1.29, 1.82) is 0 Å². The SMILES string of the molecule is C1=CC2Oc3ccccc3C3(c4ccccc4-c4c(-c5cccc(-c6nc(-c7ccccc7)nc(-c7ccc(-c8ccccc8)cc7)n6)c5)cccc43)C2C=C1. The summed E-state index contributed by atoms with van der Waals surface area (Å²) in [5.74, 6) is 2.94. The molecule has 4 nitrogen and oxygen atoms in total. The van der Waals surface area contributed by atoms with E-state index in [1.165, 1.54) is 38.9 Å². The number of fused-ring (bicyclic) bond motifs is 9. The van der Waals surface area contributed by atoms with Gasteiger partial charge in [0.15, 0.2) is 17.5 Å². The van der Waals surface area contributed by atoms with E-state index < -0.39 is 5.41 Å². The minimum atomic E-state index is -0.413. The van der Waals surface area contributed by atoms with Gasteiger partial charge in [-0.3, -0.25) is 0 Å². The van der Waals surface area contributed by atoms with Crippen molar-refractivity contribution in [2.45, 2.75) is 11.5 Å². The van der Waals surface area contributed by atoms with Crippen molar-refractivity contribution in [3.05, 3.63) is 217 Å². The molecule has 1 spiro atoms. The molecule has 0 saturated carbocycles. The van der Waals surface area contributed by atoms with Crippen LogP contribution in [0.4, 0.5) is 0 Å². The summed E-state index contributed by atoms with van der Waals surface area (Å²) in [6.07, 6.45) is 8.77. The first-order valence-electron chi connectivity index (χ1n) is 19.2. The second-order valence-electron chi connectivity index (χ2n) is 14.7. The molecule has 2 heterocycles.